The molecule has 1 aromatic carbocycles. The number of hydrogen-bond donors (Lipinski definition) is 6. The smallest absolute Gasteiger partial charge is 0.326 e. The molecule has 0 saturated carbocycles. The summed E-state index contributed by atoms with van der Waals surface area (Å²) in [4.78, 5) is 50.5. The summed E-state index contributed by atoms with van der Waals surface area (Å²) in [6, 6.07) is 2.13. The molecular formula is C25H40N4O6S. The molecule has 1 aromatic rings. The molecule has 1 rings (SSSR count). The predicted molar refractivity (Wildman–Crippen MR) is 141 cm³/mol. The zero-order valence-corrected chi connectivity index (χ0v) is 22.4. The number of phenols is 1. The summed E-state index contributed by atoms with van der Waals surface area (Å²) in [5.74, 6) is -2.27. The average molecular weight is 525 g/mol. The molecule has 0 aliphatic heterocycles. The minimum absolute atomic E-state index is 0.00364. The van der Waals surface area contributed by atoms with Crippen molar-refractivity contribution in [2.45, 2.75) is 71.1 Å². The summed E-state index contributed by atoms with van der Waals surface area (Å²) in [5, 5.41) is 27.0. The minimum Gasteiger partial charge on any atom is -0.508 e. The number of amides is 3. The number of aliphatic carboxylic acids is 1. The van der Waals surface area contributed by atoms with Crippen LogP contribution in [-0.2, 0) is 25.6 Å². The van der Waals surface area contributed by atoms with Crippen LogP contribution in [0.5, 0.6) is 5.75 Å². The van der Waals surface area contributed by atoms with Gasteiger partial charge in [-0.15, -0.1) is 0 Å². The highest BCUT2D eigenvalue weighted by atomic mass is 32.2. The second-order valence-electron chi connectivity index (χ2n) is 9.57. The van der Waals surface area contributed by atoms with Crippen LogP contribution in [0.15, 0.2) is 24.3 Å². The number of carbonyl (C=O) groups is 4. The van der Waals surface area contributed by atoms with Gasteiger partial charge in [-0.2, -0.15) is 11.8 Å². The third kappa shape index (κ3) is 10.9. The van der Waals surface area contributed by atoms with E-state index < -0.39 is 47.9 Å². The lowest BCUT2D eigenvalue weighted by atomic mass is 10.00. The molecule has 0 saturated heterocycles. The zero-order chi connectivity index (χ0) is 27.4. The fraction of sp³-hybridized carbons (Fsp3) is 0.600. The summed E-state index contributed by atoms with van der Waals surface area (Å²) >= 11 is 1.48. The monoisotopic (exact) mass is 524 g/mol. The molecule has 0 aromatic heterocycles. The Bertz CT molecular complexity index is 878. The van der Waals surface area contributed by atoms with Crippen molar-refractivity contribution >= 4 is 35.5 Å². The molecule has 7 N–H and O–H groups in total. The fourth-order valence-corrected chi connectivity index (χ4v) is 3.86. The summed E-state index contributed by atoms with van der Waals surface area (Å²) in [6.45, 7) is 7.43. The average Bonchev–Trinajstić information content (AvgIpc) is 2.80. The number of carboxylic acid groups (broad SMARTS) is 1. The minimum atomic E-state index is -1.23. The van der Waals surface area contributed by atoms with Gasteiger partial charge in [0.25, 0.3) is 0 Å². The molecule has 4 atom stereocenters. The van der Waals surface area contributed by atoms with Gasteiger partial charge >= 0.3 is 5.97 Å². The van der Waals surface area contributed by atoms with Crippen LogP contribution >= 0.6 is 11.8 Å². The third-order valence-corrected chi connectivity index (χ3v) is 6.24. The van der Waals surface area contributed by atoms with Crippen LogP contribution in [0.1, 0.15) is 46.1 Å². The number of carboxylic acids is 1. The number of hydrogen-bond acceptors (Lipinski definition) is 7. The first-order chi connectivity index (χ1) is 16.8. The van der Waals surface area contributed by atoms with Crippen LogP contribution in [0.3, 0.4) is 0 Å². The van der Waals surface area contributed by atoms with Gasteiger partial charge in [0, 0.05) is 6.42 Å². The molecule has 4 unspecified atom stereocenters. The summed E-state index contributed by atoms with van der Waals surface area (Å²) < 4.78 is 0. The van der Waals surface area contributed by atoms with Gasteiger partial charge < -0.3 is 31.9 Å². The Hall–Kier alpha value is -2.79. The molecular weight excluding hydrogens is 484 g/mol. The first kappa shape index (κ1) is 31.2. The van der Waals surface area contributed by atoms with E-state index in [0.29, 0.717) is 17.7 Å². The van der Waals surface area contributed by atoms with Crippen LogP contribution < -0.4 is 21.7 Å². The van der Waals surface area contributed by atoms with E-state index in [2.05, 4.69) is 16.0 Å². The number of benzene rings is 1. The first-order valence-electron chi connectivity index (χ1n) is 12.0. The van der Waals surface area contributed by atoms with Crippen molar-refractivity contribution in [3.8, 4) is 5.75 Å². The van der Waals surface area contributed by atoms with Gasteiger partial charge in [-0.1, -0.05) is 39.8 Å². The van der Waals surface area contributed by atoms with Gasteiger partial charge in [0.15, 0.2) is 0 Å². The number of carbonyl (C=O) groups excluding carboxylic acids is 3. The molecule has 0 aliphatic carbocycles. The Kier molecular flexibility index (Phi) is 13.3. The number of nitrogens with two attached hydrogens (primary N) is 1. The van der Waals surface area contributed by atoms with Gasteiger partial charge in [-0.05, 0) is 54.4 Å². The number of thioether (sulfide) groups is 1. The van der Waals surface area contributed by atoms with Gasteiger partial charge in [-0.25, -0.2) is 4.79 Å². The number of aromatic hydroxyl groups is 1. The van der Waals surface area contributed by atoms with Crippen LogP contribution in [-0.4, -0.2) is 70.1 Å². The molecule has 3 amide bonds. The second-order valence-corrected chi connectivity index (χ2v) is 10.6. The standard InChI is InChI=1S/C25H40N4O6S/c1-14(2)12-19(28-24(33)21(26)15(3)4)23(32)27-18(10-11-36-5)22(31)29-20(25(34)35)13-16-6-8-17(30)9-7-16/h6-9,14-15,18-21,30H,10-13,26H2,1-5H3,(H,27,32)(H,28,33)(H,29,31)(H,34,35). The molecule has 0 heterocycles. The van der Waals surface area contributed by atoms with Crippen molar-refractivity contribution in [3.63, 3.8) is 0 Å². The van der Waals surface area contributed by atoms with Gasteiger partial charge in [0.1, 0.15) is 23.9 Å². The van der Waals surface area contributed by atoms with Gasteiger partial charge in [-0.3, -0.25) is 14.4 Å². The first-order valence-corrected chi connectivity index (χ1v) is 13.4. The number of rotatable bonds is 15. The van der Waals surface area contributed by atoms with E-state index in [1.165, 1.54) is 23.9 Å². The van der Waals surface area contributed by atoms with Crippen LogP contribution in [0.2, 0.25) is 0 Å². The Morgan fingerprint density at radius 1 is 0.889 bits per heavy atom. The van der Waals surface area contributed by atoms with E-state index in [1.54, 1.807) is 12.1 Å². The molecule has 0 aliphatic rings. The summed E-state index contributed by atoms with van der Waals surface area (Å²) in [5.41, 5.74) is 6.55. The lowest BCUT2D eigenvalue weighted by Gasteiger charge is -2.26. The molecule has 11 heteroatoms. The maximum absolute atomic E-state index is 13.1. The van der Waals surface area contributed by atoms with Gasteiger partial charge in [0.05, 0.1) is 6.04 Å². The van der Waals surface area contributed by atoms with Crippen molar-refractivity contribution in [1.82, 2.24) is 16.0 Å². The van der Waals surface area contributed by atoms with E-state index >= 15 is 0 Å². The third-order valence-electron chi connectivity index (χ3n) is 5.60. The lowest BCUT2D eigenvalue weighted by molar-refractivity contribution is -0.142. The summed E-state index contributed by atoms with van der Waals surface area (Å²) in [7, 11) is 0. The highest BCUT2D eigenvalue weighted by Gasteiger charge is 2.31. The van der Waals surface area contributed by atoms with E-state index in [9.17, 15) is 29.4 Å². The Morgan fingerprint density at radius 3 is 1.92 bits per heavy atom. The largest absolute Gasteiger partial charge is 0.508 e. The lowest BCUT2D eigenvalue weighted by Crippen LogP contribution is -2.58. The van der Waals surface area contributed by atoms with Crippen LogP contribution in [0.4, 0.5) is 0 Å². The van der Waals surface area contributed by atoms with Crippen molar-refractivity contribution in [3.05, 3.63) is 29.8 Å². The molecule has 202 valence electrons. The SMILES string of the molecule is CSCCC(NC(=O)C(CC(C)C)NC(=O)C(N)C(C)C)C(=O)NC(Cc1ccc(O)cc1)C(=O)O. The molecule has 0 fully saturated rings. The number of nitrogens with one attached hydrogen (secondary N) is 3. The topological polar surface area (TPSA) is 171 Å². The molecule has 10 nitrogen and oxygen atoms in total. The molecule has 0 spiro atoms. The van der Waals surface area contributed by atoms with E-state index in [-0.39, 0.29) is 30.4 Å². The van der Waals surface area contributed by atoms with E-state index in [4.69, 9.17) is 5.73 Å². The highest BCUT2D eigenvalue weighted by molar-refractivity contribution is 7.98. The normalized spacial score (nSPS) is 14.6. The maximum Gasteiger partial charge on any atom is 0.326 e. The molecule has 0 bridgehead atoms. The maximum atomic E-state index is 13.1. The van der Waals surface area contributed by atoms with E-state index in [1.807, 2.05) is 34.0 Å². The summed E-state index contributed by atoms with van der Waals surface area (Å²) in [6.07, 6.45) is 2.48. The van der Waals surface area contributed by atoms with Crippen LogP contribution in [0, 0.1) is 11.8 Å². The van der Waals surface area contributed by atoms with Crippen molar-refractivity contribution in [1.29, 1.82) is 0 Å². The van der Waals surface area contributed by atoms with Gasteiger partial charge in [0.2, 0.25) is 17.7 Å². The molecule has 36 heavy (non-hydrogen) atoms. The predicted octanol–water partition coefficient (Wildman–Crippen LogP) is 1.26. The highest BCUT2D eigenvalue weighted by Crippen LogP contribution is 2.13. The van der Waals surface area contributed by atoms with Crippen molar-refractivity contribution < 1.29 is 29.4 Å². The number of phenolic OH excluding ortho intramolecular Hbond substituents is 1. The second kappa shape index (κ2) is 15.4. The quantitative estimate of drug-likeness (QED) is 0.199. The van der Waals surface area contributed by atoms with Crippen molar-refractivity contribution in [2.24, 2.45) is 17.6 Å². The molecule has 0 radical (unpaired) electrons. The van der Waals surface area contributed by atoms with Crippen LogP contribution in [0.25, 0.3) is 0 Å². The van der Waals surface area contributed by atoms with Crippen molar-refractivity contribution in [2.75, 3.05) is 12.0 Å². The Morgan fingerprint density at radius 2 is 1.42 bits per heavy atom. The zero-order valence-electron chi connectivity index (χ0n) is 21.6. The Balaban J connectivity index is 3.00. The van der Waals surface area contributed by atoms with E-state index in [0.717, 1.165) is 0 Å². The Labute approximate surface area is 217 Å². The fourth-order valence-electron chi connectivity index (χ4n) is 3.39.